The van der Waals surface area contributed by atoms with Crippen LogP contribution in [0.1, 0.15) is 13.3 Å². The Kier molecular flexibility index (Phi) is 6.38. The third-order valence-corrected chi connectivity index (χ3v) is 2.27. The van der Waals surface area contributed by atoms with Gasteiger partial charge in [0.2, 0.25) is 5.91 Å². The zero-order chi connectivity index (χ0) is 11.8. The fourth-order valence-electron chi connectivity index (χ4n) is 1.55. The van der Waals surface area contributed by atoms with Crippen LogP contribution in [0, 0.1) is 0 Å². The molecule has 0 saturated heterocycles. The Morgan fingerprint density at radius 1 is 1.40 bits per heavy atom. The summed E-state index contributed by atoms with van der Waals surface area (Å²) >= 11 is 0. The standard InChI is InChI=1S/C12H20N2O/c1-5-8-14(9-6-2)11(7-3)10(4)12(13)15/h5-6,11H,1-2,4,7-9H2,3H3,(H2,13,15). The van der Waals surface area contributed by atoms with Gasteiger partial charge in [0.05, 0.1) is 0 Å². The molecule has 0 aromatic carbocycles. The van der Waals surface area contributed by atoms with Gasteiger partial charge >= 0.3 is 0 Å². The minimum atomic E-state index is -0.444. The van der Waals surface area contributed by atoms with Crippen molar-refractivity contribution in [2.24, 2.45) is 5.73 Å². The second kappa shape index (κ2) is 7.01. The molecule has 0 aromatic heterocycles. The Labute approximate surface area is 91.9 Å². The summed E-state index contributed by atoms with van der Waals surface area (Å²) in [6, 6.07) is -0.0292. The summed E-state index contributed by atoms with van der Waals surface area (Å²) in [5.41, 5.74) is 5.67. The molecule has 0 aliphatic rings. The van der Waals surface area contributed by atoms with Crippen molar-refractivity contribution in [1.29, 1.82) is 0 Å². The summed E-state index contributed by atoms with van der Waals surface area (Å²) < 4.78 is 0. The van der Waals surface area contributed by atoms with Gasteiger partial charge in [0.25, 0.3) is 0 Å². The number of rotatable bonds is 8. The molecule has 15 heavy (non-hydrogen) atoms. The molecule has 0 aliphatic heterocycles. The molecule has 2 N–H and O–H groups in total. The van der Waals surface area contributed by atoms with E-state index in [1.165, 1.54) is 0 Å². The molecule has 84 valence electrons. The maximum Gasteiger partial charge on any atom is 0.245 e. The van der Waals surface area contributed by atoms with Crippen LogP contribution in [0.5, 0.6) is 0 Å². The van der Waals surface area contributed by atoms with Gasteiger partial charge < -0.3 is 5.73 Å². The molecule has 3 nitrogen and oxygen atoms in total. The van der Waals surface area contributed by atoms with Crippen molar-refractivity contribution in [3.8, 4) is 0 Å². The molecule has 0 spiro atoms. The summed E-state index contributed by atoms with van der Waals surface area (Å²) in [7, 11) is 0. The van der Waals surface area contributed by atoms with Crippen LogP contribution in [-0.2, 0) is 4.79 Å². The first-order chi connectivity index (χ1) is 7.08. The maximum absolute atomic E-state index is 11.1. The van der Waals surface area contributed by atoms with Crippen molar-refractivity contribution in [3.63, 3.8) is 0 Å². The van der Waals surface area contributed by atoms with E-state index in [9.17, 15) is 4.79 Å². The Morgan fingerprint density at radius 2 is 1.87 bits per heavy atom. The zero-order valence-electron chi connectivity index (χ0n) is 9.41. The highest BCUT2D eigenvalue weighted by Crippen LogP contribution is 2.12. The van der Waals surface area contributed by atoms with Crippen LogP contribution in [0.2, 0.25) is 0 Å². The summed E-state index contributed by atoms with van der Waals surface area (Å²) in [6.45, 7) is 14.5. The average Bonchev–Trinajstić information content (AvgIpc) is 2.19. The van der Waals surface area contributed by atoms with Gasteiger partial charge in [-0.2, -0.15) is 0 Å². The van der Waals surface area contributed by atoms with Gasteiger partial charge in [0.15, 0.2) is 0 Å². The fraction of sp³-hybridized carbons (Fsp3) is 0.417. The molecule has 1 unspecified atom stereocenters. The fourth-order valence-corrected chi connectivity index (χ4v) is 1.55. The Bertz CT molecular complexity index is 248. The molecule has 0 bridgehead atoms. The molecule has 0 rings (SSSR count). The lowest BCUT2D eigenvalue weighted by Crippen LogP contribution is -2.39. The van der Waals surface area contributed by atoms with Crippen LogP contribution in [0.15, 0.2) is 37.5 Å². The lowest BCUT2D eigenvalue weighted by atomic mass is 10.0. The summed E-state index contributed by atoms with van der Waals surface area (Å²) in [5, 5.41) is 0. The van der Waals surface area contributed by atoms with Crippen molar-refractivity contribution in [1.82, 2.24) is 4.90 Å². The second-order valence-corrected chi connectivity index (χ2v) is 3.34. The molecule has 0 aliphatic carbocycles. The van der Waals surface area contributed by atoms with Crippen molar-refractivity contribution in [3.05, 3.63) is 37.5 Å². The van der Waals surface area contributed by atoms with Gasteiger partial charge in [0.1, 0.15) is 0 Å². The van der Waals surface area contributed by atoms with Gasteiger partial charge in [-0.05, 0) is 6.42 Å². The molecule has 0 radical (unpaired) electrons. The minimum Gasteiger partial charge on any atom is -0.366 e. The number of carbonyl (C=O) groups is 1. The van der Waals surface area contributed by atoms with Crippen molar-refractivity contribution in [2.45, 2.75) is 19.4 Å². The van der Waals surface area contributed by atoms with E-state index in [1.807, 2.05) is 6.92 Å². The van der Waals surface area contributed by atoms with Gasteiger partial charge in [-0.3, -0.25) is 9.69 Å². The van der Waals surface area contributed by atoms with Gasteiger partial charge in [-0.25, -0.2) is 0 Å². The van der Waals surface area contributed by atoms with Crippen LogP contribution >= 0.6 is 0 Å². The van der Waals surface area contributed by atoms with E-state index in [1.54, 1.807) is 12.2 Å². The van der Waals surface area contributed by atoms with Crippen LogP contribution in [0.25, 0.3) is 0 Å². The van der Waals surface area contributed by atoms with E-state index in [2.05, 4.69) is 24.6 Å². The highest BCUT2D eigenvalue weighted by atomic mass is 16.1. The molecular formula is C12H20N2O. The van der Waals surface area contributed by atoms with E-state index in [0.29, 0.717) is 18.7 Å². The van der Waals surface area contributed by atoms with Crippen LogP contribution in [-0.4, -0.2) is 29.9 Å². The predicted molar refractivity (Wildman–Crippen MR) is 64.4 cm³/mol. The lowest BCUT2D eigenvalue weighted by molar-refractivity contribution is -0.115. The SMILES string of the molecule is C=CCN(CC=C)C(CC)C(=C)C(N)=O. The number of nitrogens with two attached hydrogens (primary N) is 1. The summed E-state index contributed by atoms with van der Waals surface area (Å²) in [5.74, 6) is -0.444. The number of amides is 1. The topological polar surface area (TPSA) is 46.3 Å². The second-order valence-electron chi connectivity index (χ2n) is 3.34. The molecule has 1 amide bonds. The van der Waals surface area contributed by atoms with Crippen molar-refractivity contribution in [2.75, 3.05) is 13.1 Å². The Hall–Kier alpha value is -1.35. The van der Waals surface area contributed by atoms with E-state index >= 15 is 0 Å². The van der Waals surface area contributed by atoms with Gasteiger partial charge in [-0.15, -0.1) is 13.2 Å². The van der Waals surface area contributed by atoms with Crippen LogP contribution in [0.4, 0.5) is 0 Å². The molecule has 1 atom stereocenters. The quantitative estimate of drug-likeness (QED) is 0.485. The molecular weight excluding hydrogens is 188 g/mol. The van der Waals surface area contributed by atoms with E-state index in [-0.39, 0.29) is 6.04 Å². The smallest absolute Gasteiger partial charge is 0.245 e. The first-order valence-corrected chi connectivity index (χ1v) is 5.02. The largest absolute Gasteiger partial charge is 0.366 e. The Morgan fingerprint density at radius 3 is 2.13 bits per heavy atom. The molecule has 0 aromatic rings. The van der Waals surface area contributed by atoms with Gasteiger partial charge in [0, 0.05) is 24.7 Å². The number of carbonyl (C=O) groups excluding carboxylic acids is 1. The van der Waals surface area contributed by atoms with Crippen LogP contribution < -0.4 is 5.73 Å². The average molecular weight is 208 g/mol. The van der Waals surface area contributed by atoms with Crippen molar-refractivity contribution < 1.29 is 4.79 Å². The molecule has 0 saturated carbocycles. The van der Waals surface area contributed by atoms with Gasteiger partial charge in [-0.1, -0.05) is 25.7 Å². The third-order valence-electron chi connectivity index (χ3n) is 2.27. The third kappa shape index (κ3) is 4.13. The zero-order valence-corrected chi connectivity index (χ0v) is 9.41. The monoisotopic (exact) mass is 208 g/mol. The minimum absolute atomic E-state index is 0.0292. The normalized spacial score (nSPS) is 12.1. The highest BCUT2D eigenvalue weighted by Gasteiger charge is 2.20. The van der Waals surface area contributed by atoms with Crippen LogP contribution in [0.3, 0.4) is 0 Å². The Balaban J connectivity index is 4.70. The number of hydrogen-bond acceptors (Lipinski definition) is 2. The molecule has 0 heterocycles. The summed E-state index contributed by atoms with van der Waals surface area (Å²) in [6.07, 6.45) is 4.38. The first-order valence-electron chi connectivity index (χ1n) is 5.02. The molecule has 0 fully saturated rings. The number of primary amides is 1. The maximum atomic E-state index is 11.1. The van der Waals surface area contributed by atoms with E-state index in [0.717, 1.165) is 6.42 Å². The first kappa shape index (κ1) is 13.7. The van der Waals surface area contributed by atoms with Crippen molar-refractivity contribution >= 4 is 5.91 Å². The number of nitrogens with zero attached hydrogens (tertiary/aromatic N) is 1. The summed E-state index contributed by atoms with van der Waals surface area (Å²) in [4.78, 5) is 13.1. The van der Waals surface area contributed by atoms with E-state index < -0.39 is 5.91 Å². The molecule has 3 heteroatoms. The van der Waals surface area contributed by atoms with E-state index in [4.69, 9.17) is 5.73 Å². The predicted octanol–water partition coefficient (Wildman–Crippen LogP) is 1.48. The lowest BCUT2D eigenvalue weighted by Gasteiger charge is -2.29. The number of hydrogen-bond donors (Lipinski definition) is 1. The highest BCUT2D eigenvalue weighted by molar-refractivity contribution is 5.92.